The fourth-order valence-corrected chi connectivity index (χ4v) is 13.1. The Bertz CT molecular complexity index is 1240. The molecule has 0 aromatic heterocycles. The maximum Gasteiger partial charge on any atom is 0.397 e. The van der Waals surface area contributed by atoms with Gasteiger partial charge in [-0.3, -0.25) is 9.11 Å². The topological polar surface area (TPSA) is 147 Å². The van der Waals surface area contributed by atoms with Crippen LogP contribution in [0, 0.1) is 56.7 Å². The normalized spacial score (nSPS) is 47.2. The third kappa shape index (κ3) is 5.05. The third-order valence-electron chi connectivity index (χ3n) is 13.7. The number of aliphatic hydroxyl groups is 1. The molecule has 0 aromatic rings. The molecular formula is C30H52O9S2. The van der Waals surface area contributed by atoms with Crippen molar-refractivity contribution < 1.29 is 39.4 Å². The van der Waals surface area contributed by atoms with Crippen LogP contribution in [0.1, 0.15) is 112 Å². The van der Waals surface area contributed by atoms with E-state index in [0.29, 0.717) is 30.1 Å². The molecule has 11 heteroatoms. The summed E-state index contributed by atoms with van der Waals surface area (Å²) in [7, 11) is -9.51. The lowest BCUT2D eigenvalue weighted by Gasteiger charge is -2.63. The molecule has 2 spiro atoms. The molecule has 0 aromatic carbocycles. The van der Waals surface area contributed by atoms with Crippen molar-refractivity contribution >= 4 is 20.8 Å². The first kappa shape index (κ1) is 32.1. The molecule has 0 aliphatic heterocycles. The Hall–Kier alpha value is -0.300. The van der Waals surface area contributed by atoms with Gasteiger partial charge in [-0.2, -0.15) is 16.8 Å². The fraction of sp³-hybridized carbons (Fsp3) is 1.00. The van der Waals surface area contributed by atoms with Crippen LogP contribution in [0.25, 0.3) is 0 Å². The molecule has 3 N–H and O–H groups in total. The molecule has 41 heavy (non-hydrogen) atoms. The Labute approximate surface area is 247 Å². The van der Waals surface area contributed by atoms with E-state index in [9.17, 15) is 31.0 Å². The molecule has 0 amide bonds. The lowest BCUT2D eigenvalue weighted by Crippen LogP contribution is -2.59. The zero-order chi connectivity index (χ0) is 30.4. The van der Waals surface area contributed by atoms with Crippen molar-refractivity contribution in [1.82, 2.24) is 0 Å². The van der Waals surface area contributed by atoms with Crippen molar-refractivity contribution in [3.63, 3.8) is 0 Å². The van der Waals surface area contributed by atoms with Gasteiger partial charge in [-0.05, 0) is 122 Å². The Balaban J connectivity index is 1.42. The van der Waals surface area contributed by atoms with Crippen LogP contribution in [0.2, 0.25) is 0 Å². The Morgan fingerprint density at radius 2 is 1.41 bits per heavy atom. The number of fused-ring (bicyclic) bond motifs is 2. The zero-order valence-electron chi connectivity index (χ0n) is 25.6. The summed E-state index contributed by atoms with van der Waals surface area (Å²) in [5.41, 5.74) is -0.626. The number of rotatable bonds is 10. The standard InChI is InChI=1S/C30H52O9S2/c1-19(2)15-21(31)16-20(3)22-9-11-28(6)24-8-7-23-26(4,18-38-40(32,33)34)25(39-41(35,36)37)10-12-29(23)17-30(24,29)14-13-27(22,28)5/h19-25,31H,7-18H2,1-6H3,(H,32,33,34)(H,35,36,37)/t20-,21?,22-,23+,24+,25+,26+,27-,28+,29-,30+/m1/s1. The maximum absolute atomic E-state index is 11.8. The summed E-state index contributed by atoms with van der Waals surface area (Å²) < 4.78 is 75.8. The van der Waals surface area contributed by atoms with Gasteiger partial charge in [0, 0.05) is 5.41 Å². The summed E-state index contributed by atoms with van der Waals surface area (Å²) >= 11 is 0. The molecule has 5 rings (SSSR count). The van der Waals surface area contributed by atoms with Gasteiger partial charge in [0.05, 0.1) is 18.8 Å². The largest absolute Gasteiger partial charge is 0.397 e. The second kappa shape index (κ2) is 10.1. The summed E-state index contributed by atoms with van der Waals surface area (Å²) in [5.74, 6) is 1.95. The summed E-state index contributed by atoms with van der Waals surface area (Å²) in [6.07, 6.45) is 8.97. The van der Waals surface area contributed by atoms with E-state index < -0.39 is 38.9 Å². The molecule has 5 fully saturated rings. The second-order valence-electron chi connectivity index (χ2n) is 15.9. The molecule has 5 aliphatic carbocycles. The maximum atomic E-state index is 11.8. The van der Waals surface area contributed by atoms with Crippen LogP contribution in [0.15, 0.2) is 0 Å². The average Bonchev–Trinajstić information content (AvgIpc) is 3.40. The van der Waals surface area contributed by atoms with Gasteiger partial charge in [-0.25, -0.2) is 8.37 Å². The van der Waals surface area contributed by atoms with Gasteiger partial charge in [0.25, 0.3) is 0 Å². The highest BCUT2D eigenvalue weighted by atomic mass is 32.3. The fourth-order valence-electron chi connectivity index (χ4n) is 12.1. The van der Waals surface area contributed by atoms with Gasteiger partial charge in [0.2, 0.25) is 0 Å². The van der Waals surface area contributed by atoms with E-state index >= 15 is 0 Å². The van der Waals surface area contributed by atoms with Crippen LogP contribution >= 0.6 is 0 Å². The van der Waals surface area contributed by atoms with E-state index in [0.717, 1.165) is 51.4 Å². The predicted molar refractivity (Wildman–Crippen MR) is 154 cm³/mol. The van der Waals surface area contributed by atoms with Crippen molar-refractivity contribution in [2.75, 3.05) is 6.61 Å². The molecule has 9 nitrogen and oxygen atoms in total. The van der Waals surface area contributed by atoms with Gasteiger partial charge in [0.15, 0.2) is 0 Å². The molecular weight excluding hydrogens is 568 g/mol. The molecule has 238 valence electrons. The monoisotopic (exact) mass is 620 g/mol. The van der Waals surface area contributed by atoms with Crippen molar-refractivity contribution in [3.05, 3.63) is 0 Å². The lowest BCUT2D eigenvalue weighted by atomic mass is 9.41. The van der Waals surface area contributed by atoms with Crippen LogP contribution in [-0.2, 0) is 29.2 Å². The van der Waals surface area contributed by atoms with Gasteiger partial charge < -0.3 is 5.11 Å². The smallest absolute Gasteiger partial charge is 0.393 e. The molecule has 11 atom stereocenters. The second-order valence-corrected chi connectivity index (χ2v) is 18.0. The molecule has 5 saturated carbocycles. The molecule has 5 aliphatic rings. The van der Waals surface area contributed by atoms with Crippen molar-refractivity contribution in [1.29, 1.82) is 0 Å². The average molecular weight is 621 g/mol. The number of aliphatic hydroxyl groups excluding tert-OH is 1. The third-order valence-corrected chi connectivity index (χ3v) is 14.6. The summed E-state index contributed by atoms with van der Waals surface area (Å²) in [5, 5.41) is 10.8. The first-order chi connectivity index (χ1) is 18.7. The Morgan fingerprint density at radius 1 is 0.780 bits per heavy atom. The minimum absolute atomic E-state index is 0.0521. The first-order valence-electron chi connectivity index (χ1n) is 15.7. The highest BCUT2D eigenvalue weighted by molar-refractivity contribution is 7.81. The van der Waals surface area contributed by atoms with E-state index in [1.807, 2.05) is 0 Å². The van der Waals surface area contributed by atoms with Gasteiger partial charge in [-0.15, -0.1) is 0 Å². The van der Waals surface area contributed by atoms with Gasteiger partial charge in [-0.1, -0.05) is 41.5 Å². The highest BCUT2D eigenvalue weighted by Gasteiger charge is 2.82. The lowest BCUT2D eigenvalue weighted by molar-refractivity contribution is -0.169. The van der Waals surface area contributed by atoms with Crippen molar-refractivity contribution in [2.24, 2.45) is 56.7 Å². The highest BCUT2D eigenvalue weighted by Crippen LogP contribution is 2.89. The summed E-state index contributed by atoms with van der Waals surface area (Å²) in [6, 6.07) is 0. The Kier molecular flexibility index (Phi) is 7.91. The quantitative estimate of drug-likeness (QED) is 0.256. The van der Waals surface area contributed by atoms with E-state index in [2.05, 4.69) is 34.6 Å². The van der Waals surface area contributed by atoms with Crippen molar-refractivity contribution in [3.8, 4) is 0 Å². The molecule has 0 radical (unpaired) electrons. The summed E-state index contributed by atoms with van der Waals surface area (Å²) in [6.45, 7) is 13.1. The minimum atomic E-state index is -4.76. The molecule has 1 unspecified atom stereocenters. The molecule has 0 heterocycles. The number of hydrogen-bond donors (Lipinski definition) is 3. The number of hydrogen-bond acceptors (Lipinski definition) is 7. The van der Waals surface area contributed by atoms with E-state index in [1.54, 1.807) is 6.92 Å². The van der Waals surface area contributed by atoms with Crippen LogP contribution in [0.5, 0.6) is 0 Å². The Morgan fingerprint density at radius 3 is 2.02 bits per heavy atom. The molecule has 0 saturated heterocycles. The SMILES string of the molecule is CC(C)CC(O)C[C@@H](C)[C@H]1CC[C@@]2(C)[C@@H]3CC[C@H]4[C@](C)(COS(=O)(=O)O)[C@@H](OS(=O)(=O)O)CC[C@@]45C[C@@]35CC[C@]12C. The van der Waals surface area contributed by atoms with E-state index in [1.165, 1.54) is 12.8 Å². The van der Waals surface area contributed by atoms with Gasteiger partial charge >= 0.3 is 20.8 Å². The van der Waals surface area contributed by atoms with Crippen LogP contribution in [0.3, 0.4) is 0 Å². The van der Waals surface area contributed by atoms with Crippen LogP contribution in [-0.4, -0.2) is 49.9 Å². The van der Waals surface area contributed by atoms with E-state index in [4.69, 9.17) is 8.37 Å². The van der Waals surface area contributed by atoms with Crippen LogP contribution in [0.4, 0.5) is 0 Å². The van der Waals surface area contributed by atoms with Crippen molar-refractivity contribution in [2.45, 2.75) is 124 Å². The first-order valence-corrected chi connectivity index (χ1v) is 18.4. The summed E-state index contributed by atoms with van der Waals surface area (Å²) in [4.78, 5) is 0. The molecule has 0 bridgehead atoms. The zero-order valence-corrected chi connectivity index (χ0v) is 27.3. The minimum Gasteiger partial charge on any atom is -0.393 e. The van der Waals surface area contributed by atoms with Gasteiger partial charge in [0.1, 0.15) is 0 Å². The van der Waals surface area contributed by atoms with E-state index in [-0.39, 0.29) is 33.7 Å². The van der Waals surface area contributed by atoms with Crippen LogP contribution < -0.4 is 0 Å². The predicted octanol–water partition coefficient (Wildman–Crippen LogP) is 5.85.